The maximum absolute atomic E-state index is 9.03. The lowest BCUT2D eigenvalue weighted by atomic mass is 9.95. The third-order valence-corrected chi connectivity index (χ3v) is 1.80. The van der Waals surface area contributed by atoms with E-state index in [9.17, 15) is 0 Å². The molecule has 0 spiro atoms. The van der Waals surface area contributed by atoms with E-state index in [-0.39, 0.29) is 6.61 Å². The molecule has 1 heterocycles. The van der Waals surface area contributed by atoms with Gasteiger partial charge in [-0.1, -0.05) is 0 Å². The summed E-state index contributed by atoms with van der Waals surface area (Å²) in [5, 5.41) is 16.7. The number of hydrogen-bond donors (Lipinski definition) is 2. The fourth-order valence-electron chi connectivity index (χ4n) is 0.819. The Morgan fingerprint density at radius 3 is 2.69 bits per heavy atom. The van der Waals surface area contributed by atoms with Crippen molar-refractivity contribution in [3.8, 4) is 0 Å². The third kappa shape index (κ3) is 2.26. The van der Waals surface area contributed by atoms with Crippen LogP contribution in [0, 0.1) is 0 Å². The van der Waals surface area contributed by atoms with Crippen LogP contribution in [-0.2, 0) is 11.8 Å². The van der Waals surface area contributed by atoms with Crippen molar-refractivity contribution in [3.05, 3.63) is 11.8 Å². The highest BCUT2D eigenvalue weighted by molar-refractivity contribution is 4.98. The molecule has 1 rings (SSSR count). The van der Waals surface area contributed by atoms with Crippen LogP contribution >= 0.6 is 0 Å². The number of hydrogen-bond acceptors (Lipinski definition) is 5. The Bertz CT molecular complexity index is 270. The molecule has 0 radical (unpaired) electrons. The molecule has 74 valence electrons. The second kappa shape index (κ2) is 3.85. The normalized spacial score (nSPS) is 12.0. The SMILES string of the molecule is CC(C)(CO)c1nnc(CCN)o1. The van der Waals surface area contributed by atoms with Crippen molar-refractivity contribution >= 4 is 0 Å². The lowest BCUT2D eigenvalue weighted by Gasteiger charge is -2.15. The smallest absolute Gasteiger partial charge is 0.224 e. The number of aliphatic hydroxyl groups excluding tert-OH is 1. The highest BCUT2D eigenvalue weighted by Gasteiger charge is 2.26. The van der Waals surface area contributed by atoms with E-state index in [1.165, 1.54) is 0 Å². The predicted octanol–water partition coefficient (Wildman–Crippen LogP) is -0.159. The largest absolute Gasteiger partial charge is 0.425 e. The lowest BCUT2D eigenvalue weighted by molar-refractivity contribution is 0.190. The van der Waals surface area contributed by atoms with Crippen molar-refractivity contribution in [2.24, 2.45) is 5.73 Å². The van der Waals surface area contributed by atoms with Crippen LogP contribution in [0.1, 0.15) is 25.6 Å². The molecule has 5 heteroatoms. The summed E-state index contributed by atoms with van der Waals surface area (Å²) >= 11 is 0. The first kappa shape index (κ1) is 10.1. The molecule has 0 bridgehead atoms. The van der Waals surface area contributed by atoms with Crippen LogP contribution in [0.3, 0.4) is 0 Å². The Kier molecular flexibility index (Phi) is 3.00. The van der Waals surface area contributed by atoms with Crippen LogP contribution in [0.5, 0.6) is 0 Å². The van der Waals surface area contributed by atoms with E-state index < -0.39 is 5.41 Å². The molecule has 0 atom stereocenters. The van der Waals surface area contributed by atoms with Gasteiger partial charge in [0.1, 0.15) is 0 Å². The molecular formula is C8H15N3O2. The zero-order valence-corrected chi connectivity index (χ0v) is 7.95. The minimum atomic E-state index is -0.472. The first-order chi connectivity index (χ1) is 6.10. The van der Waals surface area contributed by atoms with Crippen LogP contribution in [-0.4, -0.2) is 28.5 Å². The zero-order chi connectivity index (χ0) is 9.90. The average molecular weight is 185 g/mol. The van der Waals surface area contributed by atoms with Crippen molar-refractivity contribution in [1.29, 1.82) is 0 Å². The summed E-state index contributed by atoms with van der Waals surface area (Å²) in [7, 11) is 0. The van der Waals surface area contributed by atoms with Gasteiger partial charge < -0.3 is 15.3 Å². The summed E-state index contributed by atoms with van der Waals surface area (Å²) in [5.74, 6) is 0.984. The minimum absolute atomic E-state index is 0.0166. The van der Waals surface area contributed by atoms with Gasteiger partial charge in [-0.2, -0.15) is 0 Å². The van der Waals surface area contributed by atoms with Crippen molar-refractivity contribution in [1.82, 2.24) is 10.2 Å². The Morgan fingerprint density at radius 1 is 1.46 bits per heavy atom. The van der Waals surface area contributed by atoms with Crippen molar-refractivity contribution in [2.75, 3.05) is 13.2 Å². The van der Waals surface area contributed by atoms with Gasteiger partial charge in [-0.05, 0) is 13.8 Å². The van der Waals surface area contributed by atoms with Crippen LogP contribution in [0.2, 0.25) is 0 Å². The Balaban J connectivity index is 2.79. The summed E-state index contributed by atoms with van der Waals surface area (Å²) in [6.07, 6.45) is 0.578. The van der Waals surface area contributed by atoms with Gasteiger partial charge in [-0.3, -0.25) is 0 Å². The number of aliphatic hydroxyl groups is 1. The highest BCUT2D eigenvalue weighted by Crippen LogP contribution is 2.20. The summed E-state index contributed by atoms with van der Waals surface area (Å²) in [5.41, 5.74) is 4.86. The number of nitrogens with zero attached hydrogens (tertiary/aromatic N) is 2. The monoisotopic (exact) mass is 185 g/mol. The van der Waals surface area contributed by atoms with Gasteiger partial charge in [0.05, 0.1) is 12.0 Å². The summed E-state index contributed by atoms with van der Waals surface area (Å²) in [4.78, 5) is 0. The third-order valence-electron chi connectivity index (χ3n) is 1.80. The molecule has 0 amide bonds. The molecule has 5 nitrogen and oxygen atoms in total. The topological polar surface area (TPSA) is 85.2 Å². The van der Waals surface area contributed by atoms with E-state index >= 15 is 0 Å². The predicted molar refractivity (Wildman–Crippen MR) is 47.2 cm³/mol. The maximum Gasteiger partial charge on any atom is 0.224 e. The molecule has 0 aliphatic carbocycles. The molecule has 0 saturated heterocycles. The summed E-state index contributed by atoms with van der Waals surface area (Å²) in [6, 6.07) is 0. The van der Waals surface area contributed by atoms with E-state index in [2.05, 4.69) is 10.2 Å². The second-order valence-electron chi connectivity index (χ2n) is 3.58. The molecular weight excluding hydrogens is 170 g/mol. The van der Waals surface area contributed by atoms with E-state index in [1.807, 2.05) is 13.8 Å². The fraction of sp³-hybridized carbons (Fsp3) is 0.750. The van der Waals surface area contributed by atoms with Crippen molar-refractivity contribution in [2.45, 2.75) is 25.7 Å². The Labute approximate surface area is 77.0 Å². The summed E-state index contributed by atoms with van der Waals surface area (Å²) < 4.78 is 5.32. The fourth-order valence-corrected chi connectivity index (χ4v) is 0.819. The number of nitrogens with two attached hydrogens (primary N) is 1. The molecule has 13 heavy (non-hydrogen) atoms. The van der Waals surface area contributed by atoms with Gasteiger partial charge in [0.2, 0.25) is 11.8 Å². The molecule has 0 aromatic carbocycles. The van der Waals surface area contributed by atoms with Gasteiger partial charge >= 0.3 is 0 Å². The van der Waals surface area contributed by atoms with Crippen molar-refractivity contribution in [3.63, 3.8) is 0 Å². The lowest BCUT2D eigenvalue weighted by Crippen LogP contribution is -2.22. The molecule has 0 saturated carbocycles. The van der Waals surface area contributed by atoms with Gasteiger partial charge in [0, 0.05) is 13.0 Å². The van der Waals surface area contributed by atoms with Crippen molar-refractivity contribution < 1.29 is 9.52 Å². The Hall–Kier alpha value is -0.940. The van der Waals surface area contributed by atoms with Crippen LogP contribution < -0.4 is 5.73 Å². The maximum atomic E-state index is 9.03. The van der Waals surface area contributed by atoms with E-state index in [4.69, 9.17) is 15.3 Å². The molecule has 0 aliphatic rings. The standard InChI is InChI=1S/C8H15N3O2/c1-8(2,5-12)7-11-10-6(13-7)3-4-9/h12H,3-5,9H2,1-2H3. The van der Waals surface area contributed by atoms with Gasteiger partial charge in [-0.15, -0.1) is 10.2 Å². The van der Waals surface area contributed by atoms with E-state index in [0.29, 0.717) is 24.7 Å². The molecule has 0 aliphatic heterocycles. The second-order valence-corrected chi connectivity index (χ2v) is 3.58. The van der Waals surface area contributed by atoms with E-state index in [1.54, 1.807) is 0 Å². The number of aromatic nitrogens is 2. The molecule has 0 fully saturated rings. The number of rotatable bonds is 4. The molecule has 1 aromatic heterocycles. The van der Waals surface area contributed by atoms with Crippen LogP contribution in [0.4, 0.5) is 0 Å². The molecule has 0 unspecified atom stereocenters. The van der Waals surface area contributed by atoms with Gasteiger partial charge in [0.25, 0.3) is 0 Å². The average Bonchev–Trinajstić information content (AvgIpc) is 2.54. The summed E-state index contributed by atoms with van der Waals surface area (Å²) in [6.45, 7) is 4.15. The first-order valence-electron chi connectivity index (χ1n) is 4.24. The minimum Gasteiger partial charge on any atom is -0.425 e. The molecule has 3 N–H and O–H groups in total. The van der Waals surface area contributed by atoms with Crippen LogP contribution in [0.15, 0.2) is 4.42 Å². The van der Waals surface area contributed by atoms with E-state index in [0.717, 1.165) is 0 Å². The quantitative estimate of drug-likeness (QED) is 0.680. The van der Waals surface area contributed by atoms with Gasteiger partial charge in [-0.25, -0.2) is 0 Å². The first-order valence-corrected chi connectivity index (χ1v) is 4.24. The zero-order valence-electron chi connectivity index (χ0n) is 7.95. The Morgan fingerprint density at radius 2 is 2.15 bits per heavy atom. The van der Waals surface area contributed by atoms with Crippen LogP contribution in [0.25, 0.3) is 0 Å². The molecule has 1 aromatic rings. The highest BCUT2D eigenvalue weighted by atomic mass is 16.4. The van der Waals surface area contributed by atoms with Gasteiger partial charge in [0.15, 0.2) is 0 Å².